The maximum Gasteiger partial charge on any atom is 0.261 e. The zero-order chi connectivity index (χ0) is 20.0. The predicted octanol–water partition coefficient (Wildman–Crippen LogP) is 3.73. The summed E-state index contributed by atoms with van der Waals surface area (Å²) in [6.07, 6.45) is 1.67. The summed E-state index contributed by atoms with van der Waals surface area (Å²) in [5.41, 5.74) is 4.83. The maximum absolute atomic E-state index is 12.6. The molecule has 8 heteroatoms. The van der Waals surface area contributed by atoms with Gasteiger partial charge in [0.1, 0.15) is 11.6 Å². The van der Waals surface area contributed by atoms with Crippen LogP contribution in [0.4, 0.5) is 11.5 Å². The molecule has 0 amide bonds. The van der Waals surface area contributed by atoms with Crippen LogP contribution >= 0.6 is 0 Å². The van der Waals surface area contributed by atoms with E-state index in [1.54, 1.807) is 67.9 Å². The molecule has 2 aromatic carbocycles. The zero-order valence-electron chi connectivity index (χ0n) is 15.5. The first-order chi connectivity index (χ1) is 13.5. The molecule has 0 aliphatic heterocycles. The van der Waals surface area contributed by atoms with Crippen molar-refractivity contribution in [1.82, 2.24) is 4.98 Å². The summed E-state index contributed by atoms with van der Waals surface area (Å²) in [6, 6.07) is 18.7. The monoisotopic (exact) mass is 396 g/mol. The molecule has 0 atom stereocenters. The van der Waals surface area contributed by atoms with Crippen molar-refractivity contribution < 1.29 is 13.2 Å². The second-order valence-corrected chi connectivity index (χ2v) is 7.56. The van der Waals surface area contributed by atoms with Gasteiger partial charge in [-0.3, -0.25) is 10.1 Å². The van der Waals surface area contributed by atoms with Crippen molar-refractivity contribution in [3.8, 4) is 5.75 Å². The van der Waals surface area contributed by atoms with Crippen molar-refractivity contribution in [2.75, 3.05) is 17.3 Å². The number of hydrazone groups is 1. The van der Waals surface area contributed by atoms with Gasteiger partial charge in [-0.15, -0.1) is 0 Å². The standard InChI is InChI=1S/C20H20N4O3S/c1-15(22-23-20-5-3-4-14-21-20)16-6-12-19(13-7-16)28(25,26)24-17-8-10-18(27-2)11-9-17/h3-14,24H,1-2H3,(H,21,23)/b22-15-. The van der Waals surface area contributed by atoms with Gasteiger partial charge < -0.3 is 4.74 Å². The molecular formula is C20H20N4O3S. The molecule has 0 aliphatic carbocycles. The summed E-state index contributed by atoms with van der Waals surface area (Å²) in [5, 5.41) is 4.27. The second-order valence-electron chi connectivity index (χ2n) is 5.88. The normalized spacial score (nSPS) is 11.7. The molecule has 0 saturated heterocycles. The largest absolute Gasteiger partial charge is 0.497 e. The number of sulfonamides is 1. The molecule has 0 spiro atoms. The Bertz CT molecular complexity index is 1050. The fraction of sp³-hybridized carbons (Fsp3) is 0.100. The minimum atomic E-state index is -3.69. The molecule has 0 unspecified atom stereocenters. The molecule has 0 fully saturated rings. The average Bonchev–Trinajstić information content (AvgIpc) is 2.73. The number of nitrogens with zero attached hydrogens (tertiary/aromatic N) is 2. The topological polar surface area (TPSA) is 92.7 Å². The van der Waals surface area contributed by atoms with Crippen LogP contribution < -0.4 is 14.9 Å². The van der Waals surface area contributed by atoms with Gasteiger partial charge in [0.2, 0.25) is 0 Å². The smallest absolute Gasteiger partial charge is 0.261 e. The Balaban J connectivity index is 1.71. The Morgan fingerprint density at radius 3 is 2.32 bits per heavy atom. The van der Waals surface area contributed by atoms with E-state index in [1.807, 2.05) is 19.1 Å². The fourth-order valence-electron chi connectivity index (χ4n) is 2.38. The maximum atomic E-state index is 12.6. The number of hydrogen-bond donors (Lipinski definition) is 2. The van der Waals surface area contributed by atoms with Gasteiger partial charge in [-0.1, -0.05) is 18.2 Å². The molecule has 0 aliphatic rings. The SMILES string of the molecule is COc1ccc(NS(=O)(=O)c2ccc(/C(C)=N\Nc3ccccn3)cc2)cc1. The number of rotatable bonds is 7. The molecule has 0 bridgehead atoms. The van der Waals surface area contributed by atoms with Crippen molar-refractivity contribution in [1.29, 1.82) is 0 Å². The van der Waals surface area contributed by atoms with E-state index in [-0.39, 0.29) is 4.90 Å². The van der Waals surface area contributed by atoms with E-state index in [4.69, 9.17) is 4.74 Å². The second kappa shape index (κ2) is 8.53. The number of hydrogen-bond acceptors (Lipinski definition) is 6. The highest BCUT2D eigenvalue weighted by Gasteiger charge is 2.14. The van der Waals surface area contributed by atoms with Crippen LogP contribution in [0.3, 0.4) is 0 Å². The summed E-state index contributed by atoms with van der Waals surface area (Å²) in [4.78, 5) is 4.29. The first-order valence-corrected chi connectivity index (χ1v) is 9.95. The fourth-order valence-corrected chi connectivity index (χ4v) is 3.44. The van der Waals surface area contributed by atoms with E-state index in [0.29, 0.717) is 23.0 Å². The Morgan fingerprint density at radius 1 is 1.00 bits per heavy atom. The van der Waals surface area contributed by atoms with Crippen LogP contribution in [0.25, 0.3) is 0 Å². The Kier molecular flexibility index (Phi) is 5.90. The molecule has 1 heterocycles. The van der Waals surface area contributed by atoms with Crippen LogP contribution in [0.2, 0.25) is 0 Å². The van der Waals surface area contributed by atoms with Crippen molar-refractivity contribution >= 4 is 27.2 Å². The van der Waals surface area contributed by atoms with Crippen molar-refractivity contribution in [2.45, 2.75) is 11.8 Å². The summed E-state index contributed by atoms with van der Waals surface area (Å²) >= 11 is 0. The van der Waals surface area contributed by atoms with Gasteiger partial charge >= 0.3 is 0 Å². The highest BCUT2D eigenvalue weighted by atomic mass is 32.2. The number of anilines is 2. The summed E-state index contributed by atoms with van der Waals surface area (Å²) < 4.78 is 32.7. The minimum Gasteiger partial charge on any atom is -0.497 e. The van der Waals surface area contributed by atoms with Gasteiger partial charge in [0.25, 0.3) is 10.0 Å². The number of aromatic nitrogens is 1. The Hall–Kier alpha value is -3.39. The number of nitrogens with one attached hydrogen (secondary N) is 2. The van der Waals surface area contributed by atoms with Gasteiger partial charge in [0.05, 0.1) is 17.7 Å². The number of ether oxygens (including phenoxy) is 1. The van der Waals surface area contributed by atoms with E-state index in [9.17, 15) is 8.42 Å². The lowest BCUT2D eigenvalue weighted by molar-refractivity contribution is 0.415. The summed E-state index contributed by atoms with van der Waals surface area (Å²) in [7, 11) is -2.13. The van der Waals surface area contributed by atoms with E-state index in [0.717, 1.165) is 5.56 Å². The summed E-state index contributed by atoms with van der Waals surface area (Å²) in [6.45, 7) is 1.83. The quantitative estimate of drug-likeness (QED) is 0.469. The number of pyridine rings is 1. The van der Waals surface area contributed by atoms with Gasteiger partial charge in [-0.2, -0.15) is 5.10 Å². The third kappa shape index (κ3) is 4.86. The number of methoxy groups -OCH3 is 1. The molecule has 3 rings (SSSR count). The third-order valence-corrected chi connectivity index (χ3v) is 5.32. The Morgan fingerprint density at radius 2 is 1.71 bits per heavy atom. The minimum absolute atomic E-state index is 0.164. The van der Waals surface area contributed by atoms with Gasteiger partial charge in [0.15, 0.2) is 0 Å². The van der Waals surface area contributed by atoms with E-state index < -0.39 is 10.0 Å². The highest BCUT2D eigenvalue weighted by Crippen LogP contribution is 2.20. The average molecular weight is 396 g/mol. The van der Waals surface area contributed by atoms with Gasteiger partial charge in [-0.05, 0) is 61.0 Å². The van der Waals surface area contributed by atoms with Crippen molar-refractivity contribution in [3.05, 3.63) is 78.5 Å². The molecule has 28 heavy (non-hydrogen) atoms. The van der Waals surface area contributed by atoms with Crippen LogP contribution in [0.5, 0.6) is 5.75 Å². The zero-order valence-corrected chi connectivity index (χ0v) is 16.3. The molecule has 0 radical (unpaired) electrons. The lowest BCUT2D eigenvalue weighted by Gasteiger charge is -2.09. The molecular weight excluding hydrogens is 376 g/mol. The van der Waals surface area contributed by atoms with Crippen LogP contribution in [-0.4, -0.2) is 26.2 Å². The van der Waals surface area contributed by atoms with Crippen LogP contribution in [-0.2, 0) is 10.0 Å². The predicted molar refractivity (Wildman–Crippen MR) is 110 cm³/mol. The van der Waals surface area contributed by atoms with Crippen LogP contribution in [0.15, 0.2) is 82.9 Å². The van der Waals surface area contributed by atoms with E-state index in [2.05, 4.69) is 20.2 Å². The molecule has 7 nitrogen and oxygen atoms in total. The lowest BCUT2D eigenvalue weighted by Crippen LogP contribution is -2.13. The summed E-state index contributed by atoms with van der Waals surface area (Å²) in [5.74, 6) is 1.28. The molecule has 1 aromatic heterocycles. The lowest BCUT2D eigenvalue weighted by atomic mass is 10.1. The van der Waals surface area contributed by atoms with E-state index >= 15 is 0 Å². The van der Waals surface area contributed by atoms with Gasteiger partial charge in [0, 0.05) is 11.9 Å². The van der Waals surface area contributed by atoms with Gasteiger partial charge in [-0.25, -0.2) is 13.4 Å². The number of benzene rings is 2. The van der Waals surface area contributed by atoms with E-state index in [1.165, 1.54) is 0 Å². The molecule has 3 aromatic rings. The molecule has 2 N–H and O–H groups in total. The molecule has 0 saturated carbocycles. The first kappa shape index (κ1) is 19.4. The molecule has 144 valence electrons. The van der Waals surface area contributed by atoms with Crippen molar-refractivity contribution in [3.63, 3.8) is 0 Å². The highest BCUT2D eigenvalue weighted by molar-refractivity contribution is 7.92. The van der Waals surface area contributed by atoms with Crippen LogP contribution in [0, 0.1) is 0 Å². The Labute approximate surface area is 164 Å². The van der Waals surface area contributed by atoms with Crippen LogP contribution in [0.1, 0.15) is 12.5 Å². The third-order valence-electron chi connectivity index (χ3n) is 3.93. The van der Waals surface area contributed by atoms with Crippen molar-refractivity contribution in [2.24, 2.45) is 5.10 Å². The first-order valence-electron chi connectivity index (χ1n) is 8.46.